The van der Waals surface area contributed by atoms with Gasteiger partial charge in [-0.05, 0) is 24.3 Å². The van der Waals surface area contributed by atoms with Gasteiger partial charge < -0.3 is 14.9 Å². The van der Waals surface area contributed by atoms with Gasteiger partial charge in [0.15, 0.2) is 5.65 Å². The largest absolute Gasteiger partial charge is 0.323 e. The number of aryl methyl sites for hydroxylation is 1. The maximum absolute atomic E-state index is 13.0. The number of hydrogen-bond donors (Lipinski definition) is 2. The zero-order valence-electron chi connectivity index (χ0n) is 16.7. The summed E-state index contributed by atoms with van der Waals surface area (Å²) in [7, 11) is 0. The number of hydrogen-bond acceptors (Lipinski definition) is 5. The second-order valence-corrected chi connectivity index (χ2v) is 7.05. The Bertz CT molecular complexity index is 1480. The zero-order chi connectivity index (χ0) is 21.4. The van der Waals surface area contributed by atoms with E-state index in [4.69, 9.17) is 0 Å². The van der Waals surface area contributed by atoms with E-state index in [1.54, 1.807) is 10.7 Å². The molecule has 9 heteroatoms. The number of aromatic nitrogens is 6. The van der Waals surface area contributed by atoms with E-state index >= 15 is 0 Å². The van der Waals surface area contributed by atoms with Gasteiger partial charge in [0.25, 0.3) is 5.56 Å². The van der Waals surface area contributed by atoms with E-state index in [9.17, 15) is 9.59 Å². The molecule has 5 aromatic rings. The van der Waals surface area contributed by atoms with Crippen LogP contribution in [-0.2, 0) is 17.8 Å². The molecule has 0 radical (unpaired) electrons. The van der Waals surface area contributed by atoms with Crippen LogP contribution in [-0.4, -0.2) is 35.2 Å². The lowest BCUT2D eigenvalue weighted by molar-refractivity contribution is -0.116. The van der Waals surface area contributed by atoms with Crippen LogP contribution in [0, 0.1) is 0 Å². The van der Waals surface area contributed by atoms with Crippen LogP contribution >= 0.6 is 0 Å². The first-order valence-corrected chi connectivity index (χ1v) is 9.90. The Hall–Kier alpha value is -4.27. The first kappa shape index (κ1) is 18.7. The molecule has 0 atom stereocenters. The summed E-state index contributed by atoms with van der Waals surface area (Å²) in [4.78, 5) is 36.4. The standard InChI is InChI=1S/C22H19N7O2/c1-2-19-26-15-7-3-5-9-17(15)28(19)12-20(30)27-16-8-4-6-10-18(16)29-21-14(11-25-29)22(31)24-13-23-21/h3-11,13H,2,12H2,1H3,(H,27,30)(H,23,24,31). The van der Waals surface area contributed by atoms with Crippen LogP contribution in [0.1, 0.15) is 12.7 Å². The summed E-state index contributed by atoms with van der Waals surface area (Å²) in [6, 6.07) is 15.0. The van der Waals surface area contributed by atoms with Gasteiger partial charge in [0, 0.05) is 6.42 Å². The van der Waals surface area contributed by atoms with Crippen LogP contribution in [0.4, 0.5) is 5.69 Å². The molecule has 0 aliphatic heterocycles. The van der Waals surface area contributed by atoms with Crippen LogP contribution in [0.3, 0.4) is 0 Å². The van der Waals surface area contributed by atoms with Crippen molar-refractivity contribution in [2.45, 2.75) is 19.9 Å². The SMILES string of the molecule is CCc1nc2ccccc2n1CC(=O)Nc1ccccc1-n1ncc2c(=O)[nH]cnc21. The van der Waals surface area contributed by atoms with Gasteiger partial charge in [-0.1, -0.05) is 31.2 Å². The fourth-order valence-corrected chi connectivity index (χ4v) is 3.70. The smallest absolute Gasteiger partial charge is 0.261 e. The molecule has 9 nitrogen and oxygen atoms in total. The minimum absolute atomic E-state index is 0.135. The van der Waals surface area contributed by atoms with E-state index < -0.39 is 0 Å². The van der Waals surface area contributed by atoms with Crippen molar-refractivity contribution in [2.24, 2.45) is 0 Å². The predicted molar refractivity (Wildman–Crippen MR) is 117 cm³/mol. The molecule has 0 unspecified atom stereocenters. The van der Waals surface area contributed by atoms with Crippen molar-refractivity contribution in [3.8, 4) is 5.69 Å². The molecule has 2 aromatic carbocycles. The number of H-pyrrole nitrogens is 1. The highest BCUT2D eigenvalue weighted by Crippen LogP contribution is 2.23. The van der Waals surface area contributed by atoms with Crippen LogP contribution in [0.15, 0.2) is 65.8 Å². The van der Waals surface area contributed by atoms with Crippen LogP contribution in [0.5, 0.6) is 0 Å². The summed E-state index contributed by atoms with van der Waals surface area (Å²) in [5.74, 6) is 0.665. The van der Waals surface area contributed by atoms with Gasteiger partial charge in [0.05, 0.1) is 34.9 Å². The molecule has 5 rings (SSSR count). The number of rotatable bonds is 5. The minimum atomic E-state index is -0.267. The Kier molecular flexibility index (Phi) is 4.55. The quantitative estimate of drug-likeness (QED) is 0.460. The molecule has 0 saturated carbocycles. The molecule has 154 valence electrons. The van der Waals surface area contributed by atoms with E-state index in [-0.39, 0.29) is 18.0 Å². The normalized spacial score (nSPS) is 11.3. The van der Waals surface area contributed by atoms with Crippen molar-refractivity contribution in [2.75, 3.05) is 5.32 Å². The Balaban J connectivity index is 1.49. The number of fused-ring (bicyclic) bond motifs is 2. The maximum Gasteiger partial charge on any atom is 0.261 e. The molecule has 0 bridgehead atoms. The average Bonchev–Trinajstić information content (AvgIpc) is 3.37. The van der Waals surface area contributed by atoms with Gasteiger partial charge in [-0.15, -0.1) is 0 Å². The molecule has 3 aromatic heterocycles. The number of anilines is 1. The number of amides is 1. The highest BCUT2D eigenvalue weighted by atomic mass is 16.2. The van der Waals surface area contributed by atoms with E-state index in [1.807, 2.05) is 54.0 Å². The molecular formula is C22H19N7O2. The number of carbonyl (C=O) groups excluding carboxylic acids is 1. The topological polar surface area (TPSA) is 110 Å². The summed E-state index contributed by atoms with van der Waals surface area (Å²) < 4.78 is 3.47. The minimum Gasteiger partial charge on any atom is -0.323 e. The zero-order valence-corrected chi connectivity index (χ0v) is 16.7. The Morgan fingerprint density at radius 3 is 2.81 bits per heavy atom. The fourth-order valence-electron chi connectivity index (χ4n) is 3.70. The van der Waals surface area contributed by atoms with Crippen molar-refractivity contribution >= 4 is 33.7 Å². The summed E-state index contributed by atoms with van der Waals surface area (Å²) >= 11 is 0. The van der Waals surface area contributed by atoms with Crippen molar-refractivity contribution in [3.05, 3.63) is 77.2 Å². The lowest BCUT2D eigenvalue weighted by atomic mass is 10.2. The summed E-state index contributed by atoms with van der Waals surface area (Å²) in [5, 5.41) is 7.65. The Morgan fingerprint density at radius 1 is 1.13 bits per heavy atom. The summed E-state index contributed by atoms with van der Waals surface area (Å²) in [6.07, 6.45) is 3.52. The number of carbonyl (C=O) groups is 1. The van der Waals surface area contributed by atoms with Gasteiger partial charge in [-0.3, -0.25) is 9.59 Å². The summed E-state index contributed by atoms with van der Waals surface area (Å²) in [5.41, 5.74) is 3.13. The molecule has 0 saturated heterocycles. The molecule has 3 heterocycles. The first-order chi connectivity index (χ1) is 15.2. The monoisotopic (exact) mass is 413 g/mol. The third-order valence-electron chi connectivity index (χ3n) is 5.13. The van der Waals surface area contributed by atoms with Crippen molar-refractivity contribution in [1.29, 1.82) is 0 Å². The highest BCUT2D eigenvalue weighted by molar-refractivity contribution is 5.94. The van der Waals surface area contributed by atoms with Gasteiger partial charge in [-0.25, -0.2) is 14.6 Å². The third-order valence-corrected chi connectivity index (χ3v) is 5.13. The Morgan fingerprint density at radius 2 is 1.94 bits per heavy atom. The molecule has 31 heavy (non-hydrogen) atoms. The number of nitrogens with one attached hydrogen (secondary N) is 2. The molecular weight excluding hydrogens is 394 g/mol. The van der Waals surface area contributed by atoms with Crippen molar-refractivity contribution < 1.29 is 4.79 Å². The third kappa shape index (κ3) is 3.25. The van der Waals surface area contributed by atoms with Gasteiger partial charge >= 0.3 is 0 Å². The van der Waals surface area contributed by atoms with Gasteiger partial charge in [0.2, 0.25) is 5.91 Å². The van der Waals surface area contributed by atoms with E-state index in [0.717, 1.165) is 23.3 Å². The number of benzene rings is 2. The van der Waals surface area contributed by atoms with Gasteiger partial charge in [0.1, 0.15) is 17.8 Å². The first-order valence-electron chi connectivity index (χ1n) is 9.90. The molecule has 0 aliphatic rings. The lowest BCUT2D eigenvalue weighted by Gasteiger charge is -2.13. The molecule has 1 amide bonds. The number of aromatic amines is 1. The van der Waals surface area contributed by atoms with Gasteiger partial charge in [-0.2, -0.15) is 5.10 Å². The molecule has 0 aliphatic carbocycles. The van der Waals surface area contributed by atoms with Crippen molar-refractivity contribution in [1.82, 2.24) is 29.3 Å². The number of imidazole rings is 1. The lowest BCUT2D eigenvalue weighted by Crippen LogP contribution is -2.21. The highest BCUT2D eigenvalue weighted by Gasteiger charge is 2.16. The van der Waals surface area contributed by atoms with Crippen LogP contribution < -0.4 is 10.9 Å². The number of nitrogens with zero attached hydrogens (tertiary/aromatic N) is 5. The average molecular weight is 413 g/mol. The molecule has 0 spiro atoms. The second kappa shape index (κ2) is 7.52. The molecule has 0 fully saturated rings. The predicted octanol–water partition coefficient (Wildman–Crippen LogP) is 2.66. The molecule has 2 N–H and O–H groups in total. The van der Waals surface area contributed by atoms with E-state index in [0.29, 0.717) is 22.4 Å². The summed E-state index contributed by atoms with van der Waals surface area (Å²) in [6.45, 7) is 2.15. The Labute approximate surface area is 176 Å². The van der Waals surface area contributed by atoms with E-state index in [2.05, 4.69) is 25.4 Å². The second-order valence-electron chi connectivity index (χ2n) is 7.05. The van der Waals surface area contributed by atoms with E-state index in [1.165, 1.54) is 12.5 Å². The van der Waals surface area contributed by atoms with Crippen molar-refractivity contribution in [3.63, 3.8) is 0 Å². The van der Waals surface area contributed by atoms with Crippen LogP contribution in [0.2, 0.25) is 0 Å². The number of para-hydroxylation sites is 4. The fraction of sp³-hybridized carbons (Fsp3) is 0.136. The van der Waals surface area contributed by atoms with Crippen LogP contribution in [0.25, 0.3) is 27.8 Å². The maximum atomic E-state index is 13.0.